The van der Waals surface area contributed by atoms with E-state index in [1.165, 1.54) is 19.2 Å². The first kappa shape index (κ1) is 18.3. The van der Waals surface area contributed by atoms with Crippen molar-refractivity contribution < 1.29 is 23.5 Å². The van der Waals surface area contributed by atoms with E-state index in [1.54, 1.807) is 0 Å². The van der Waals surface area contributed by atoms with Gasteiger partial charge in [-0.25, -0.2) is 9.18 Å². The highest BCUT2D eigenvalue weighted by molar-refractivity contribution is 5.94. The number of nitrogens with one attached hydrogen (secondary N) is 2. The lowest BCUT2D eigenvalue weighted by molar-refractivity contribution is -0.117. The molecule has 2 N–H and O–H groups in total. The van der Waals surface area contributed by atoms with Crippen molar-refractivity contribution in [2.75, 3.05) is 32.2 Å². The molecule has 1 amide bonds. The van der Waals surface area contributed by atoms with Gasteiger partial charge in [0.15, 0.2) is 0 Å². The Morgan fingerprint density at radius 1 is 1.50 bits per heavy atom. The van der Waals surface area contributed by atoms with Gasteiger partial charge in [0, 0.05) is 19.0 Å². The molecule has 8 heteroatoms. The Morgan fingerprint density at radius 3 is 2.91 bits per heavy atom. The van der Waals surface area contributed by atoms with E-state index in [4.69, 9.17) is 4.74 Å². The van der Waals surface area contributed by atoms with Gasteiger partial charge in [0.25, 0.3) is 0 Å². The second kappa shape index (κ2) is 8.67. The molecule has 0 bridgehead atoms. The van der Waals surface area contributed by atoms with Crippen molar-refractivity contribution >= 4 is 30.0 Å². The van der Waals surface area contributed by atoms with Gasteiger partial charge in [-0.05, 0) is 18.2 Å². The molecule has 0 saturated carbocycles. The summed E-state index contributed by atoms with van der Waals surface area (Å²) in [5.41, 5.74) is 0.132. The molecule has 1 heterocycles. The van der Waals surface area contributed by atoms with Crippen molar-refractivity contribution in [3.05, 3.63) is 29.6 Å². The third-order valence-corrected chi connectivity index (χ3v) is 3.09. The van der Waals surface area contributed by atoms with Crippen molar-refractivity contribution in [2.24, 2.45) is 0 Å². The molecule has 1 unspecified atom stereocenters. The van der Waals surface area contributed by atoms with E-state index in [9.17, 15) is 14.0 Å². The fraction of sp³-hybridized carbons (Fsp3) is 0.429. The molecule has 1 atom stereocenters. The smallest absolute Gasteiger partial charge is 0.337 e. The van der Waals surface area contributed by atoms with Gasteiger partial charge in [-0.1, -0.05) is 0 Å². The zero-order valence-electron chi connectivity index (χ0n) is 12.1. The van der Waals surface area contributed by atoms with Crippen LogP contribution < -0.4 is 10.6 Å². The number of esters is 1. The van der Waals surface area contributed by atoms with E-state index in [0.29, 0.717) is 19.8 Å². The number of ether oxygens (including phenoxy) is 2. The normalized spacial score (nSPS) is 17.3. The van der Waals surface area contributed by atoms with Crippen LogP contribution in [0, 0.1) is 5.82 Å². The lowest BCUT2D eigenvalue weighted by Crippen LogP contribution is -2.43. The van der Waals surface area contributed by atoms with E-state index < -0.39 is 11.8 Å². The van der Waals surface area contributed by atoms with Gasteiger partial charge in [0.1, 0.15) is 5.82 Å². The number of carbonyl (C=O) groups is 2. The maximum atomic E-state index is 13.7. The summed E-state index contributed by atoms with van der Waals surface area (Å²) in [5.74, 6) is -1.55. The van der Waals surface area contributed by atoms with Crippen LogP contribution in [0.4, 0.5) is 10.1 Å². The summed E-state index contributed by atoms with van der Waals surface area (Å²) in [6.45, 7) is 1.75. The molecule has 22 heavy (non-hydrogen) atoms. The van der Waals surface area contributed by atoms with Gasteiger partial charge < -0.3 is 20.1 Å². The van der Waals surface area contributed by atoms with Crippen molar-refractivity contribution in [2.45, 2.75) is 12.5 Å². The molecule has 0 aliphatic carbocycles. The fourth-order valence-electron chi connectivity index (χ4n) is 2.04. The fourth-order valence-corrected chi connectivity index (χ4v) is 2.04. The second-order valence-corrected chi connectivity index (χ2v) is 4.66. The van der Waals surface area contributed by atoms with E-state index in [0.717, 1.165) is 6.07 Å². The van der Waals surface area contributed by atoms with Gasteiger partial charge >= 0.3 is 5.97 Å². The number of methoxy groups -OCH3 is 1. The molecule has 1 aliphatic heterocycles. The highest BCUT2D eigenvalue weighted by Gasteiger charge is 2.18. The number of morpholine rings is 1. The van der Waals surface area contributed by atoms with Crippen molar-refractivity contribution in [1.82, 2.24) is 5.32 Å². The largest absolute Gasteiger partial charge is 0.465 e. The van der Waals surface area contributed by atoms with Crippen LogP contribution in [0.1, 0.15) is 16.8 Å². The Morgan fingerprint density at radius 2 is 2.27 bits per heavy atom. The molecule has 1 aromatic carbocycles. The SMILES string of the molecule is COC(=O)c1ccc(F)c(NC(=O)CC2COCCN2)c1.Cl. The number of hydrogen-bond donors (Lipinski definition) is 2. The average Bonchev–Trinajstić information content (AvgIpc) is 2.49. The molecule has 6 nitrogen and oxygen atoms in total. The highest BCUT2D eigenvalue weighted by atomic mass is 35.5. The molecule has 0 spiro atoms. The minimum atomic E-state index is -0.608. The summed E-state index contributed by atoms with van der Waals surface area (Å²) in [7, 11) is 1.23. The molecule has 0 aromatic heterocycles. The third kappa shape index (κ3) is 4.94. The zero-order valence-corrected chi connectivity index (χ0v) is 12.9. The van der Waals surface area contributed by atoms with E-state index >= 15 is 0 Å². The molecule has 122 valence electrons. The summed E-state index contributed by atoms with van der Waals surface area (Å²) >= 11 is 0. The Kier molecular flexibility index (Phi) is 7.23. The monoisotopic (exact) mass is 332 g/mol. The number of amides is 1. The minimum absolute atomic E-state index is 0. The molecular weight excluding hydrogens is 315 g/mol. The predicted octanol–water partition coefficient (Wildman–Crippen LogP) is 1.35. The van der Waals surface area contributed by atoms with Gasteiger partial charge in [-0.15, -0.1) is 12.4 Å². The lowest BCUT2D eigenvalue weighted by Gasteiger charge is -2.23. The van der Waals surface area contributed by atoms with Crippen molar-refractivity contribution in [1.29, 1.82) is 0 Å². The molecule has 1 aliphatic rings. The number of benzene rings is 1. The number of hydrogen-bond acceptors (Lipinski definition) is 5. The summed E-state index contributed by atoms with van der Waals surface area (Å²) in [6, 6.07) is 3.58. The summed E-state index contributed by atoms with van der Waals surface area (Å²) in [4.78, 5) is 23.3. The predicted molar refractivity (Wildman–Crippen MR) is 80.8 cm³/mol. The van der Waals surface area contributed by atoms with Crippen molar-refractivity contribution in [3.8, 4) is 0 Å². The molecule has 1 saturated heterocycles. The Hall–Kier alpha value is -1.70. The van der Waals surface area contributed by atoms with Crippen LogP contribution >= 0.6 is 12.4 Å². The van der Waals surface area contributed by atoms with Crippen LogP contribution in [0.25, 0.3) is 0 Å². The zero-order chi connectivity index (χ0) is 15.2. The molecular formula is C14H18ClFN2O4. The van der Waals surface area contributed by atoms with Crippen molar-refractivity contribution in [3.63, 3.8) is 0 Å². The minimum Gasteiger partial charge on any atom is -0.465 e. The van der Waals surface area contributed by atoms with Crippen LogP contribution in [0.5, 0.6) is 0 Å². The second-order valence-electron chi connectivity index (χ2n) is 4.66. The van der Waals surface area contributed by atoms with E-state index in [1.807, 2.05) is 0 Å². The molecule has 0 radical (unpaired) electrons. The highest BCUT2D eigenvalue weighted by Crippen LogP contribution is 2.17. The number of rotatable bonds is 4. The van der Waals surface area contributed by atoms with E-state index in [2.05, 4.69) is 15.4 Å². The first-order valence-electron chi connectivity index (χ1n) is 6.59. The van der Waals surface area contributed by atoms with Gasteiger partial charge in [0.05, 0.1) is 31.6 Å². The molecule has 1 aromatic rings. The average molecular weight is 333 g/mol. The first-order chi connectivity index (χ1) is 10.1. The Balaban J connectivity index is 0.00000242. The third-order valence-electron chi connectivity index (χ3n) is 3.09. The summed E-state index contributed by atoms with van der Waals surface area (Å²) in [6.07, 6.45) is 0.169. The van der Waals surface area contributed by atoms with Crippen LogP contribution in [0.15, 0.2) is 18.2 Å². The topological polar surface area (TPSA) is 76.7 Å². The molecule has 2 rings (SSSR count). The Labute approximate surface area is 133 Å². The van der Waals surface area contributed by atoms with Crippen LogP contribution in [0.3, 0.4) is 0 Å². The van der Waals surface area contributed by atoms with Crippen LogP contribution in [-0.4, -0.2) is 44.8 Å². The maximum absolute atomic E-state index is 13.7. The van der Waals surface area contributed by atoms with Gasteiger partial charge in [-0.3, -0.25) is 4.79 Å². The standard InChI is InChI=1S/C14H17FN2O4.ClH/c1-20-14(19)9-2-3-11(15)12(6-9)17-13(18)7-10-8-21-5-4-16-10;/h2-3,6,10,16H,4-5,7-8H2,1H3,(H,17,18);1H. The number of halogens is 2. The molecule has 1 fully saturated rings. The number of carbonyl (C=O) groups excluding carboxylic acids is 2. The van der Waals surface area contributed by atoms with Crippen LogP contribution in [0.2, 0.25) is 0 Å². The Bertz CT molecular complexity index is 536. The summed E-state index contributed by atoms with van der Waals surface area (Å²) < 4.78 is 23.5. The van der Waals surface area contributed by atoms with Gasteiger partial charge in [-0.2, -0.15) is 0 Å². The van der Waals surface area contributed by atoms with Gasteiger partial charge in [0.2, 0.25) is 5.91 Å². The van der Waals surface area contributed by atoms with E-state index in [-0.39, 0.29) is 42.0 Å². The quantitative estimate of drug-likeness (QED) is 0.814. The van der Waals surface area contributed by atoms with Crippen LogP contribution in [-0.2, 0) is 14.3 Å². The lowest BCUT2D eigenvalue weighted by atomic mass is 10.1. The number of anilines is 1. The summed E-state index contributed by atoms with van der Waals surface area (Å²) in [5, 5.41) is 5.60. The maximum Gasteiger partial charge on any atom is 0.337 e. The first-order valence-corrected chi connectivity index (χ1v) is 6.59.